The molecule has 1 aromatic rings. The molecule has 0 saturated carbocycles. The molecule has 11 heteroatoms. The first-order valence-corrected chi connectivity index (χ1v) is 8.25. The van der Waals surface area contributed by atoms with E-state index in [4.69, 9.17) is 11.1 Å². The van der Waals surface area contributed by atoms with Crippen LogP contribution in [-0.4, -0.2) is 56.9 Å². The van der Waals surface area contributed by atoms with Gasteiger partial charge in [0.15, 0.2) is 0 Å². The largest absolute Gasteiger partial charge is 0.383 e. The average Bonchev–Trinajstić information content (AvgIpc) is 2.65. The molecule has 1 aromatic carbocycles. The van der Waals surface area contributed by atoms with Crippen LogP contribution in [0.15, 0.2) is 23.4 Å². The molecule has 6 N–H and O–H groups in total. The Morgan fingerprint density at radius 3 is 2.67 bits per heavy atom. The maximum atomic E-state index is 14.4. The van der Waals surface area contributed by atoms with Gasteiger partial charge in [-0.05, 0) is 18.2 Å². The zero-order valence-corrected chi connectivity index (χ0v) is 15.0. The molecule has 2 amide bonds. The Kier molecular flexibility index (Phi) is 9.37. The standard InChI is InChI=1S/C16H24FN7O3/c1-11(25)21-8-13(23-27)9-22-12-2-3-15(14(17)6-12)24(10-19)5-4-20-16(26)7-18/h2-3,6,10,13,19,22H,4-5,7-9,18H2,1H3,(H,20,26)(H,21,25). The number of benzene rings is 1. The normalized spacial score (nSPS) is 11.2. The molecule has 0 heterocycles. The van der Waals surface area contributed by atoms with E-state index in [-0.39, 0.29) is 50.2 Å². The number of nitroso groups, excluding NO2 is 1. The smallest absolute Gasteiger partial charge is 0.233 e. The molecule has 0 radical (unpaired) electrons. The van der Waals surface area contributed by atoms with Gasteiger partial charge in [-0.3, -0.25) is 15.0 Å². The van der Waals surface area contributed by atoms with Gasteiger partial charge in [-0.15, -0.1) is 0 Å². The second-order valence-corrected chi connectivity index (χ2v) is 5.62. The lowest BCUT2D eigenvalue weighted by Crippen LogP contribution is -2.37. The quantitative estimate of drug-likeness (QED) is 0.195. The van der Waals surface area contributed by atoms with Crippen molar-refractivity contribution in [3.63, 3.8) is 0 Å². The first-order chi connectivity index (χ1) is 12.9. The zero-order chi connectivity index (χ0) is 20.2. The van der Waals surface area contributed by atoms with Gasteiger partial charge in [0.25, 0.3) is 0 Å². The molecule has 0 aliphatic rings. The minimum absolute atomic E-state index is 0.0858. The number of nitrogens with two attached hydrogens (primary N) is 1. The van der Waals surface area contributed by atoms with Gasteiger partial charge in [0.1, 0.15) is 11.9 Å². The third-order valence-corrected chi connectivity index (χ3v) is 3.55. The second-order valence-electron chi connectivity index (χ2n) is 5.62. The van der Waals surface area contributed by atoms with Crippen LogP contribution in [0.1, 0.15) is 6.92 Å². The van der Waals surface area contributed by atoms with Gasteiger partial charge >= 0.3 is 0 Å². The Bertz CT molecular complexity index is 671. The van der Waals surface area contributed by atoms with Crippen molar-refractivity contribution in [1.29, 1.82) is 5.41 Å². The van der Waals surface area contributed by atoms with Crippen molar-refractivity contribution in [1.82, 2.24) is 10.6 Å². The van der Waals surface area contributed by atoms with Gasteiger partial charge in [0.05, 0.1) is 18.6 Å². The van der Waals surface area contributed by atoms with Crippen molar-refractivity contribution in [2.45, 2.75) is 13.0 Å². The highest BCUT2D eigenvalue weighted by atomic mass is 19.1. The first kappa shape index (κ1) is 22.0. The fraction of sp³-hybridized carbons (Fsp3) is 0.438. The van der Waals surface area contributed by atoms with E-state index in [0.29, 0.717) is 5.69 Å². The fourth-order valence-electron chi connectivity index (χ4n) is 2.14. The molecular formula is C16H24FN7O3. The van der Waals surface area contributed by atoms with E-state index in [1.54, 1.807) is 6.07 Å². The van der Waals surface area contributed by atoms with E-state index in [1.807, 2.05) is 0 Å². The summed E-state index contributed by atoms with van der Waals surface area (Å²) in [6, 6.07) is 3.60. The SMILES string of the molecule is CC(=O)NCC(CNc1ccc(N(C=N)CCNC(=O)CN)c(F)c1)N=O. The van der Waals surface area contributed by atoms with Crippen LogP contribution in [0.4, 0.5) is 15.8 Å². The summed E-state index contributed by atoms with van der Waals surface area (Å²) in [6.45, 7) is 1.82. The van der Waals surface area contributed by atoms with E-state index >= 15 is 0 Å². The van der Waals surface area contributed by atoms with Crippen LogP contribution >= 0.6 is 0 Å². The number of nitrogens with one attached hydrogen (secondary N) is 4. The molecule has 1 unspecified atom stereocenters. The number of amides is 2. The van der Waals surface area contributed by atoms with Gasteiger partial charge < -0.3 is 26.6 Å². The number of hydrogen-bond acceptors (Lipinski definition) is 7. The van der Waals surface area contributed by atoms with E-state index < -0.39 is 11.9 Å². The summed E-state index contributed by atoms with van der Waals surface area (Å²) in [6.07, 6.45) is 0.958. The van der Waals surface area contributed by atoms with E-state index in [0.717, 1.165) is 6.34 Å². The highest BCUT2D eigenvalue weighted by Gasteiger charge is 2.13. The lowest BCUT2D eigenvalue weighted by Gasteiger charge is -2.20. The second kappa shape index (κ2) is 11.5. The summed E-state index contributed by atoms with van der Waals surface area (Å²) in [7, 11) is 0. The lowest BCUT2D eigenvalue weighted by atomic mass is 10.2. The molecule has 0 bridgehead atoms. The monoisotopic (exact) mass is 381 g/mol. The maximum absolute atomic E-state index is 14.4. The molecule has 148 valence electrons. The fourth-order valence-corrected chi connectivity index (χ4v) is 2.14. The molecule has 0 aliphatic carbocycles. The summed E-state index contributed by atoms with van der Waals surface area (Å²) >= 11 is 0. The predicted molar refractivity (Wildman–Crippen MR) is 101 cm³/mol. The van der Waals surface area contributed by atoms with Crippen molar-refractivity contribution >= 4 is 29.5 Å². The number of hydrogen-bond donors (Lipinski definition) is 5. The molecule has 0 aliphatic heterocycles. The Labute approximate surface area is 156 Å². The summed E-state index contributed by atoms with van der Waals surface area (Å²) in [5.41, 5.74) is 5.77. The summed E-state index contributed by atoms with van der Waals surface area (Å²) in [4.78, 5) is 34.1. The van der Waals surface area contributed by atoms with Crippen LogP contribution in [-0.2, 0) is 9.59 Å². The van der Waals surface area contributed by atoms with Crippen LogP contribution in [0, 0.1) is 16.1 Å². The van der Waals surface area contributed by atoms with Crippen LogP contribution in [0.2, 0.25) is 0 Å². The van der Waals surface area contributed by atoms with E-state index in [1.165, 1.54) is 24.0 Å². The number of nitrogens with zero attached hydrogens (tertiary/aromatic N) is 2. The summed E-state index contributed by atoms with van der Waals surface area (Å²) < 4.78 is 14.4. The van der Waals surface area contributed by atoms with Crippen LogP contribution < -0.4 is 26.6 Å². The zero-order valence-electron chi connectivity index (χ0n) is 15.0. The Morgan fingerprint density at radius 1 is 1.37 bits per heavy atom. The van der Waals surface area contributed by atoms with Crippen LogP contribution in [0.3, 0.4) is 0 Å². The molecule has 27 heavy (non-hydrogen) atoms. The Balaban J connectivity index is 2.65. The van der Waals surface area contributed by atoms with Crippen molar-refractivity contribution in [3.8, 4) is 0 Å². The Morgan fingerprint density at radius 2 is 2.11 bits per heavy atom. The van der Waals surface area contributed by atoms with Crippen molar-refractivity contribution in [2.75, 3.05) is 42.9 Å². The van der Waals surface area contributed by atoms with Crippen LogP contribution in [0.5, 0.6) is 0 Å². The van der Waals surface area contributed by atoms with Crippen molar-refractivity contribution in [2.24, 2.45) is 10.9 Å². The molecule has 0 aromatic heterocycles. The Hall–Kier alpha value is -3.08. The molecule has 0 fully saturated rings. The minimum atomic E-state index is -0.694. The average molecular weight is 381 g/mol. The van der Waals surface area contributed by atoms with Gasteiger partial charge in [-0.2, -0.15) is 4.91 Å². The molecule has 0 spiro atoms. The van der Waals surface area contributed by atoms with Crippen molar-refractivity contribution < 1.29 is 14.0 Å². The van der Waals surface area contributed by atoms with Gasteiger partial charge in [0.2, 0.25) is 11.8 Å². The maximum Gasteiger partial charge on any atom is 0.233 e. The molecule has 1 atom stereocenters. The topological polar surface area (TPSA) is 153 Å². The van der Waals surface area contributed by atoms with E-state index in [2.05, 4.69) is 21.1 Å². The van der Waals surface area contributed by atoms with Crippen LogP contribution in [0.25, 0.3) is 0 Å². The van der Waals surface area contributed by atoms with Gasteiger partial charge in [0, 0.05) is 38.8 Å². The summed E-state index contributed by atoms with van der Waals surface area (Å²) in [5, 5.41) is 18.2. The number of halogens is 1. The predicted octanol–water partition coefficient (Wildman–Crippen LogP) is -0.00293. The molecule has 0 saturated heterocycles. The highest BCUT2D eigenvalue weighted by Crippen LogP contribution is 2.22. The first-order valence-electron chi connectivity index (χ1n) is 8.25. The minimum Gasteiger partial charge on any atom is -0.383 e. The highest BCUT2D eigenvalue weighted by molar-refractivity contribution is 5.79. The van der Waals surface area contributed by atoms with E-state index in [9.17, 15) is 18.9 Å². The number of rotatable bonds is 12. The number of anilines is 2. The number of carbonyl (C=O) groups excluding carboxylic acids is 2. The third-order valence-electron chi connectivity index (χ3n) is 3.55. The number of carbonyl (C=O) groups is 2. The molecule has 10 nitrogen and oxygen atoms in total. The van der Waals surface area contributed by atoms with Crippen molar-refractivity contribution in [3.05, 3.63) is 28.9 Å². The third kappa shape index (κ3) is 7.77. The lowest BCUT2D eigenvalue weighted by molar-refractivity contribution is -0.120. The summed E-state index contributed by atoms with van der Waals surface area (Å²) in [5.74, 6) is -1.18. The van der Waals surface area contributed by atoms with Gasteiger partial charge in [-0.1, -0.05) is 5.18 Å². The molecule has 1 rings (SSSR count). The van der Waals surface area contributed by atoms with Gasteiger partial charge in [-0.25, -0.2) is 4.39 Å². The molecular weight excluding hydrogens is 357 g/mol.